The van der Waals surface area contributed by atoms with Gasteiger partial charge in [0, 0.05) is 17.7 Å². The molecule has 0 atom stereocenters. The highest BCUT2D eigenvalue weighted by Crippen LogP contribution is 2.24. The minimum absolute atomic E-state index is 0.219. The van der Waals surface area contributed by atoms with Crippen LogP contribution in [0.5, 0.6) is 0 Å². The zero-order chi connectivity index (χ0) is 12.4. The third kappa shape index (κ3) is 2.65. The third-order valence-electron chi connectivity index (χ3n) is 2.20. The van der Waals surface area contributed by atoms with Crippen LogP contribution < -0.4 is 5.32 Å². The van der Waals surface area contributed by atoms with Crippen LogP contribution in [-0.4, -0.2) is 20.9 Å². The molecule has 0 saturated carbocycles. The smallest absolute Gasteiger partial charge is 0.337 e. The second kappa shape index (κ2) is 4.58. The van der Waals surface area contributed by atoms with Gasteiger partial charge in [0.15, 0.2) is 0 Å². The first-order valence-corrected chi connectivity index (χ1v) is 5.64. The molecule has 0 radical (unpaired) electrons. The number of halogens is 1. The lowest BCUT2D eigenvalue weighted by molar-refractivity contribution is 0.0698. The van der Waals surface area contributed by atoms with E-state index in [9.17, 15) is 4.79 Å². The summed E-state index contributed by atoms with van der Waals surface area (Å²) in [6, 6.07) is 4.96. The maximum atomic E-state index is 11.1. The van der Waals surface area contributed by atoms with Gasteiger partial charge in [-0.05, 0) is 18.2 Å². The molecule has 0 unspecified atom stereocenters. The minimum atomic E-state index is -0.969. The van der Waals surface area contributed by atoms with Gasteiger partial charge in [-0.3, -0.25) is 4.68 Å². The van der Waals surface area contributed by atoms with Crippen LogP contribution >= 0.6 is 15.9 Å². The first kappa shape index (κ1) is 11.7. The predicted molar refractivity (Wildman–Crippen MR) is 67.6 cm³/mol. The van der Waals surface area contributed by atoms with Gasteiger partial charge in [-0.25, -0.2) is 4.79 Å². The highest BCUT2D eigenvalue weighted by Gasteiger charge is 2.10. The Morgan fingerprint density at radius 1 is 1.53 bits per heavy atom. The summed E-state index contributed by atoms with van der Waals surface area (Å²) >= 11 is 3.31. The van der Waals surface area contributed by atoms with Crippen molar-refractivity contribution in [1.82, 2.24) is 9.78 Å². The third-order valence-corrected chi connectivity index (χ3v) is 2.69. The van der Waals surface area contributed by atoms with Crippen LogP contribution in [0.2, 0.25) is 0 Å². The average molecular weight is 296 g/mol. The van der Waals surface area contributed by atoms with Crippen molar-refractivity contribution in [3.8, 4) is 0 Å². The number of nitrogens with zero attached hydrogens (tertiary/aromatic N) is 2. The predicted octanol–water partition coefficient (Wildman–Crippen LogP) is 2.62. The molecular formula is C11H10BrN3O2. The van der Waals surface area contributed by atoms with Crippen LogP contribution in [-0.2, 0) is 7.05 Å². The van der Waals surface area contributed by atoms with Gasteiger partial charge in [0.2, 0.25) is 0 Å². The Bertz CT molecular complexity index is 566. The largest absolute Gasteiger partial charge is 0.478 e. The normalized spacial score (nSPS) is 10.2. The van der Waals surface area contributed by atoms with Gasteiger partial charge in [0.1, 0.15) is 0 Å². The first-order chi connectivity index (χ1) is 8.06. The lowest BCUT2D eigenvalue weighted by Crippen LogP contribution is -2.02. The lowest BCUT2D eigenvalue weighted by atomic mass is 10.2. The van der Waals surface area contributed by atoms with Crippen molar-refractivity contribution in [2.45, 2.75) is 0 Å². The van der Waals surface area contributed by atoms with Crippen LogP contribution in [0, 0.1) is 0 Å². The Kier molecular flexibility index (Phi) is 3.14. The Labute approximate surface area is 106 Å². The van der Waals surface area contributed by atoms with Crippen molar-refractivity contribution < 1.29 is 9.90 Å². The minimum Gasteiger partial charge on any atom is -0.478 e. The molecule has 0 saturated heterocycles. The molecule has 1 aromatic carbocycles. The quantitative estimate of drug-likeness (QED) is 0.913. The van der Waals surface area contributed by atoms with Gasteiger partial charge in [-0.15, -0.1) is 0 Å². The highest BCUT2D eigenvalue weighted by molar-refractivity contribution is 9.10. The molecule has 0 bridgehead atoms. The summed E-state index contributed by atoms with van der Waals surface area (Å²) in [6.07, 6.45) is 3.40. The number of benzene rings is 1. The molecule has 17 heavy (non-hydrogen) atoms. The van der Waals surface area contributed by atoms with Crippen LogP contribution in [0.3, 0.4) is 0 Å². The van der Waals surface area contributed by atoms with Crippen LogP contribution in [0.15, 0.2) is 35.1 Å². The van der Waals surface area contributed by atoms with E-state index in [1.54, 1.807) is 42.3 Å². The Hall–Kier alpha value is -1.82. The Morgan fingerprint density at radius 3 is 2.88 bits per heavy atom. The maximum absolute atomic E-state index is 11.1. The first-order valence-electron chi connectivity index (χ1n) is 4.85. The number of aromatic carboxylic acids is 1. The summed E-state index contributed by atoms with van der Waals surface area (Å²) < 4.78 is 2.45. The van der Waals surface area contributed by atoms with Gasteiger partial charge in [0.25, 0.3) is 0 Å². The fourth-order valence-corrected chi connectivity index (χ4v) is 1.81. The number of anilines is 2. The number of aromatic nitrogens is 2. The molecule has 0 aliphatic carbocycles. The number of carboxylic acids is 1. The van der Waals surface area contributed by atoms with E-state index in [1.165, 1.54) is 0 Å². The van der Waals surface area contributed by atoms with Gasteiger partial charge in [-0.2, -0.15) is 5.10 Å². The number of nitrogens with one attached hydrogen (secondary N) is 1. The van der Waals surface area contributed by atoms with Crippen molar-refractivity contribution in [3.05, 3.63) is 40.6 Å². The van der Waals surface area contributed by atoms with E-state index in [1.807, 2.05) is 0 Å². The summed E-state index contributed by atoms with van der Waals surface area (Å²) in [5.74, 6) is -0.969. The lowest BCUT2D eigenvalue weighted by Gasteiger charge is -2.07. The van der Waals surface area contributed by atoms with E-state index >= 15 is 0 Å². The topological polar surface area (TPSA) is 67.2 Å². The van der Waals surface area contributed by atoms with E-state index in [-0.39, 0.29) is 5.56 Å². The summed E-state index contributed by atoms with van der Waals surface area (Å²) in [7, 11) is 1.80. The van der Waals surface area contributed by atoms with Crippen molar-refractivity contribution in [3.63, 3.8) is 0 Å². The molecule has 0 aliphatic rings. The fraction of sp³-hybridized carbons (Fsp3) is 0.0909. The SMILES string of the molecule is Cn1cc(Nc2cc(Br)ccc2C(=O)O)cn1. The number of hydrogen-bond acceptors (Lipinski definition) is 3. The summed E-state index contributed by atoms with van der Waals surface area (Å²) in [6.45, 7) is 0. The zero-order valence-electron chi connectivity index (χ0n) is 9.01. The molecule has 0 spiro atoms. The second-order valence-corrected chi connectivity index (χ2v) is 4.44. The number of rotatable bonds is 3. The van der Waals surface area contributed by atoms with Crippen molar-refractivity contribution in [2.24, 2.45) is 7.05 Å². The molecule has 1 heterocycles. The molecule has 0 aliphatic heterocycles. The molecule has 88 valence electrons. The molecule has 0 fully saturated rings. The van der Waals surface area contributed by atoms with Crippen LogP contribution in [0.4, 0.5) is 11.4 Å². The molecular weight excluding hydrogens is 286 g/mol. The monoisotopic (exact) mass is 295 g/mol. The van der Waals surface area contributed by atoms with Crippen LogP contribution in [0.25, 0.3) is 0 Å². The molecule has 6 heteroatoms. The van der Waals surface area contributed by atoms with Crippen molar-refractivity contribution in [1.29, 1.82) is 0 Å². The van der Waals surface area contributed by atoms with Gasteiger partial charge in [-0.1, -0.05) is 15.9 Å². The standard InChI is InChI=1S/C11H10BrN3O2/c1-15-6-8(5-13-15)14-10-4-7(12)2-3-9(10)11(16)17/h2-6,14H,1H3,(H,16,17). The number of carboxylic acid groups (broad SMARTS) is 1. The van der Waals surface area contributed by atoms with E-state index in [0.29, 0.717) is 5.69 Å². The molecule has 5 nitrogen and oxygen atoms in total. The molecule has 2 rings (SSSR count). The second-order valence-electron chi connectivity index (χ2n) is 3.52. The van der Waals surface area contributed by atoms with Crippen molar-refractivity contribution in [2.75, 3.05) is 5.32 Å². The molecule has 2 aromatic rings. The molecule has 2 N–H and O–H groups in total. The van der Waals surface area contributed by atoms with Crippen molar-refractivity contribution >= 4 is 33.3 Å². The van der Waals surface area contributed by atoms with E-state index in [2.05, 4.69) is 26.3 Å². The molecule has 1 aromatic heterocycles. The van der Waals surface area contributed by atoms with Gasteiger partial charge < -0.3 is 10.4 Å². The average Bonchev–Trinajstić information content (AvgIpc) is 2.63. The maximum Gasteiger partial charge on any atom is 0.337 e. The number of carbonyl (C=O) groups is 1. The van der Waals surface area contributed by atoms with Crippen LogP contribution in [0.1, 0.15) is 10.4 Å². The van der Waals surface area contributed by atoms with E-state index in [4.69, 9.17) is 5.11 Å². The Balaban J connectivity index is 2.37. The van der Waals surface area contributed by atoms with Gasteiger partial charge >= 0.3 is 5.97 Å². The fourth-order valence-electron chi connectivity index (χ4n) is 1.45. The van der Waals surface area contributed by atoms with E-state index < -0.39 is 5.97 Å². The number of hydrogen-bond donors (Lipinski definition) is 2. The summed E-state index contributed by atoms with van der Waals surface area (Å²) in [4.78, 5) is 11.1. The highest BCUT2D eigenvalue weighted by atomic mass is 79.9. The number of aryl methyl sites for hydroxylation is 1. The molecule has 0 amide bonds. The summed E-state index contributed by atoms with van der Waals surface area (Å²) in [5.41, 5.74) is 1.49. The van der Waals surface area contributed by atoms with E-state index in [0.717, 1.165) is 10.2 Å². The van der Waals surface area contributed by atoms with Gasteiger partial charge in [0.05, 0.1) is 23.1 Å². The summed E-state index contributed by atoms with van der Waals surface area (Å²) in [5, 5.41) is 16.1. The Morgan fingerprint density at radius 2 is 2.29 bits per heavy atom. The zero-order valence-corrected chi connectivity index (χ0v) is 10.6.